The van der Waals surface area contributed by atoms with Crippen molar-refractivity contribution >= 4 is 27.6 Å². The highest BCUT2D eigenvalue weighted by molar-refractivity contribution is 7.92. The van der Waals surface area contributed by atoms with Gasteiger partial charge < -0.3 is 31.1 Å². The van der Waals surface area contributed by atoms with Gasteiger partial charge in [0.25, 0.3) is 11.8 Å². The van der Waals surface area contributed by atoms with Crippen molar-refractivity contribution in [1.29, 1.82) is 0 Å². The molecule has 0 spiro atoms. The van der Waals surface area contributed by atoms with E-state index in [9.17, 15) is 36.7 Å². The van der Waals surface area contributed by atoms with E-state index in [0.717, 1.165) is 29.7 Å². The first-order chi connectivity index (χ1) is 23.6. The zero-order valence-electron chi connectivity index (χ0n) is 29.8. The first-order valence-corrected chi connectivity index (χ1v) is 19.0. The van der Waals surface area contributed by atoms with Crippen LogP contribution in [0.1, 0.15) is 77.0 Å². The standard InChI is InChI=1S/C36H54F2N4O7S/c1-6-12-30(13-7-2)50(47,48)24-36(39,35(46)49-23-33(44)42(9-4)10-5)34(45)41-31(19-27-17-28(37)20-29(38)18-27)32(43)22-40-21-26-15-11-14-25(8-3)16-26/h11,14-18,20,30-32,40,43H,6-10,12-13,19,21-24,39H2,1-5H3,(H,41,45)/t31-,32+,36+/m0/s1. The Kier molecular flexibility index (Phi) is 17.4. The Balaban J connectivity index is 2.46. The molecule has 0 aliphatic rings. The Labute approximate surface area is 295 Å². The molecule has 0 unspecified atom stereocenters. The van der Waals surface area contributed by atoms with E-state index in [1.807, 2.05) is 45.0 Å². The highest BCUT2D eigenvalue weighted by Crippen LogP contribution is 2.21. The summed E-state index contributed by atoms with van der Waals surface area (Å²) in [4.78, 5) is 41.6. The SMILES string of the molecule is CCCC(CCC)S(=O)(=O)C[C@@](N)(C(=O)N[C@@H](Cc1cc(F)cc(F)c1)[C@H](O)CNCc1cccc(CC)c1)C(=O)OCC(=O)N(CC)CC. The number of aliphatic hydroxyl groups excluding tert-OH is 1. The number of aliphatic hydroxyl groups is 1. The molecule has 0 fully saturated rings. The molecule has 0 radical (unpaired) electrons. The van der Waals surface area contributed by atoms with E-state index in [1.54, 1.807) is 13.8 Å². The van der Waals surface area contributed by atoms with Gasteiger partial charge in [0.1, 0.15) is 11.6 Å². The molecule has 280 valence electrons. The number of aryl methyl sites for hydroxylation is 1. The van der Waals surface area contributed by atoms with E-state index in [4.69, 9.17) is 10.5 Å². The summed E-state index contributed by atoms with van der Waals surface area (Å²) in [5.74, 6) is -6.19. The van der Waals surface area contributed by atoms with Gasteiger partial charge in [-0.25, -0.2) is 22.0 Å². The van der Waals surface area contributed by atoms with Crippen LogP contribution in [0.25, 0.3) is 0 Å². The largest absolute Gasteiger partial charge is 0.454 e. The number of nitrogens with one attached hydrogen (secondary N) is 2. The summed E-state index contributed by atoms with van der Waals surface area (Å²) in [7, 11) is -4.19. The molecule has 0 aliphatic carbocycles. The molecule has 2 rings (SSSR count). The Bertz CT molecular complexity index is 1500. The number of nitrogens with zero attached hydrogens (tertiary/aromatic N) is 1. The van der Waals surface area contributed by atoms with Crippen molar-refractivity contribution in [2.45, 2.75) is 103 Å². The summed E-state index contributed by atoms with van der Waals surface area (Å²) in [6, 6.07) is 9.24. The first kappa shape index (κ1) is 42.7. The fraction of sp³-hybridized carbons (Fsp3) is 0.583. The molecule has 14 heteroatoms. The predicted molar refractivity (Wildman–Crippen MR) is 189 cm³/mol. The van der Waals surface area contributed by atoms with Crippen LogP contribution in [-0.4, -0.2) is 91.1 Å². The third-order valence-corrected chi connectivity index (χ3v) is 11.0. The molecule has 0 aromatic heterocycles. The van der Waals surface area contributed by atoms with Crippen LogP contribution in [-0.2, 0) is 48.3 Å². The van der Waals surface area contributed by atoms with E-state index >= 15 is 0 Å². The van der Waals surface area contributed by atoms with Gasteiger partial charge in [0.2, 0.25) is 5.54 Å². The van der Waals surface area contributed by atoms with E-state index in [2.05, 4.69) is 10.6 Å². The number of sulfone groups is 1. The number of esters is 1. The summed E-state index contributed by atoms with van der Waals surface area (Å²) >= 11 is 0. The van der Waals surface area contributed by atoms with Gasteiger partial charge in [0, 0.05) is 32.2 Å². The van der Waals surface area contributed by atoms with Gasteiger partial charge in [-0.1, -0.05) is 57.9 Å². The van der Waals surface area contributed by atoms with Crippen LogP contribution in [0.4, 0.5) is 8.78 Å². The normalized spacial score (nSPS) is 14.1. The molecule has 3 atom stereocenters. The number of carbonyl (C=O) groups excluding carboxylic acids is 3. The number of hydrogen-bond donors (Lipinski definition) is 4. The number of hydrogen-bond acceptors (Lipinski definition) is 9. The smallest absolute Gasteiger partial charge is 0.337 e. The average molecular weight is 725 g/mol. The lowest BCUT2D eigenvalue weighted by Gasteiger charge is -2.32. The molecule has 50 heavy (non-hydrogen) atoms. The number of halogens is 2. The summed E-state index contributed by atoms with van der Waals surface area (Å²) < 4.78 is 60.9. The minimum atomic E-state index is -4.19. The van der Waals surface area contributed by atoms with Crippen LogP contribution in [0.5, 0.6) is 0 Å². The fourth-order valence-corrected chi connectivity index (χ4v) is 8.06. The maximum atomic E-state index is 14.2. The van der Waals surface area contributed by atoms with Crippen molar-refractivity contribution in [2.75, 3.05) is 32.0 Å². The molecule has 0 saturated heterocycles. The van der Waals surface area contributed by atoms with Crippen LogP contribution in [0, 0.1) is 11.6 Å². The molecular weight excluding hydrogens is 670 g/mol. The molecule has 0 saturated carbocycles. The molecule has 0 bridgehead atoms. The van der Waals surface area contributed by atoms with Crippen molar-refractivity contribution in [3.05, 3.63) is 70.8 Å². The van der Waals surface area contributed by atoms with Crippen molar-refractivity contribution in [3.8, 4) is 0 Å². The van der Waals surface area contributed by atoms with Gasteiger partial charge in [0.05, 0.1) is 23.1 Å². The van der Waals surface area contributed by atoms with E-state index < -0.39 is 74.5 Å². The molecule has 2 amide bonds. The Morgan fingerprint density at radius 1 is 0.940 bits per heavy atom. The highest BCUT2D eigenvalue weighted by atomic mass is 32.2. The van der Waals surface area contributed by atoms with Crippen molar-refractivity contribution in [2.24, 2.45) is 5.73 Å². The number of rotatable bonds is 22. The zero-order chi connectivity index (χ0) is 37.5. The lowest BCUT2D eigenvalue weighted by atomic mass is 9.97. The first-order valence-electron chi connectivity index (χ1n) is 17.3. The topological polar surface area (TPSA) is 168 Å². The highest BCUT2D eigenvalue weighted by Gasteiger charge is 2.50. The Morgan fingerprint density at radius 2 is 1.54 bits per heavy atom. The summed E-state index contributed by atoms with van der Waals surface area (Å²) in [6.45, 7) is 9.21. The summed E-state index contributed by atoms with van der Waals surface area (Å²) in [5.41, 5.74) is 5.71. The molecular formula is C36H54F2N4O7S. The maximum Gasteiger partial charge on any atom is 0.337 e. The number of amides is 2. The number of benzene rings is 2. The van der Waals surface area contributed by atoms with Crippen LogP contribution in [0.2, 0.25) is 0 Å². The van der Waals surface area contributed by atoms with Gasteiger partial charge in [-0.2, -0.15) is 0 Å². The lowest BCUT2D eigenvalue weighted by Crippen LogP contribution is -2.67. The minimum Gasteiger partial charge on any atom is -0.454 e. The monoisotopic (exact) mass is 724 g/mol. The lowest BCUT2D eigenvalue weighted by molar-refractivity contribution is -0.159. The van der Waals surface area contributed by atoms with Crippen LogP contribution in [0.15, 0.2) is 42.5 Å². The van der Waals surface area contributed by atoms with Gasteiger partial charge in [-0.05, 0) is 68.4 Å². The summed E-state index contributed by atoms with van der Waals surface area (Å²) in [5, 5.41) is 16.0. The fourth-order valence-electron chi connectivity index (χ4n) is 5.75. The van der Waals surface area contributed by atoms with Crippen molar-refractivity contribution in [1.82, 2.24) is 15.5 Å². The predicted octanol–water partition coefficient (Wildman–Crippen LogP) is 3.20. The van der Waals surface area contributed by atoms with Crippen LogP contribution in [0.3, 0.4) is 0 Å². The van der Waals surface area contributed by atoms with Gasteiger partial charge >= 0.3 is 5.97 Å². The molecule has 11 nitrogen and oxygen atoms in total. The van der Waals surface area contributed by atoms with E-state index in [1.165, 1.54) is 4.90 Å². The number of carbonyl (C=O) groups is 3. The number of nitrogens with two attached hydrogens (primary N) is 1. The molecule has 0 aliphatic heterocycles. The maximum absolute atomic E-state index is 14.2. The average Bonchev–Trinajstić information content (AvgIpc) is 3.06. The summed E-state index contributed by atoms with van der Waals surface area (Å²) in [6.07, 6.45) is 0.699. The third kappa shape index (κ3) is 12.7. The van der Waals surface area contributed by atoms with Gasteiger partial charge in [-0.15, -0.1) is 0 Å². The second kappa shape index (κ2) is 20.4. The minimum absolute atomic E-state index is 0.0797. The second-order valence-corrected chi connectivity index (χ2v) is 14.8. The second-order valence-electron chi connectivity index (χ2n) is 12.6. The number of ether oxygens (including phenoxy) is 1. The molecule has 2 aromatic carbocycles. The third-order valence-electron chi connectivity index (χ3n) is 8.61. The van der Waals surface area contributed by atoms with Crippen molar-refractivity contribution < 1.29 is 41.4 Å². The van der Waals surface area contributed by atoms with Crippen LogP contribution >= 0.6 is 0 Å². The van der Waals surface area contributed by atoms with Gasteiger partial charge in [-0.3, -0.25) is 9.59 Å². The quantitative estimate of drug-likeness (QED) is 0.105. The van der Waals surface area contributed by atoms with Gasteiger partial charge in [0.15, 0.2) is 16.4 Å². The molecule has 0 heterocycles. The van der Waals surface area contributed by atoms with Crippen LogP contribution < -0.4 is 16.4 Å². The van der Waals surface area contributed by atoms with Crippen molar-refractivity contribution in [3.63, 3.8) is 0 Å². The molecule has 2 aromatic rings. The number of likely N-dealkylation sites (N-methyl/N-ethyl adjacent to an activating group) is 1. The zero-order valence-corrected chi connectivity index (χ0v) is 30.7. The Morgan fingerprint density at radius 3 is 2.10 bits per heavy atom. The van der Waals surface area contributed by atoms with E-state index in [0.29, 0.717) is 38.5 Å². The van der Waals surface area contributed by atoms with E-state index in [-0.39, 0.29) is 31.4 Å². The Hall–Kier alpha value is -3.46. The molecule has 5 N–H and O–H groups in total.